The zero-order chi connectivity index (χ0) is 12.9. The Labute approximate surface area is 110 Å². The van der Waals surface area contributed by atoms with Crippen LogP contribution in [0.25, 0.3) is 6.08 Å². The fourth-order valence-electron chi connectivity index (χ4n) is 2.43. The molecule has 0 aromatic carbocycles. The quantitative estimate of drug-likeness (QED) is 0.804. The fraction of sp³-hybridized carbons (Fsp3) is 0.385. The molecule has 1 aromatic rings. The Morgan fingerprint density at radius 2 is 2.22 bits per heavy atom. The number of amides is 1. The van der Waals surface area contributed by atoms with E-state index in [1.807, 2.05) is 6.08 Å². The number of thioether (sulfide) groups is 1. The summed E-state index contributed by atoms with van der Waals surface area (Å²) in [5.74, 6) is -0.166. The van der Waals surface area contributed by atoms with Gasteiger partial charge >= 0.3 is 0 Å². The lowest BCUT2D eigenvalue weighted by atomic mass is 10.2. The van der Waals surface area contributed by atoms with Crippen LogP contribution in [0.2, 0.25) is 0 Å². The molecule has 0 radical (unpaired) electrons. The highest BCUT2D eigenvalue weighted by Gasteiger charge is 2.27. The summed E-state index contributed by atoms with van der Waals surface area (Å²) in [6.07, 6.45) is 4.40. The minimum atomic E-state index is -0.166. The molecule has 1 saturated carbocycles. The Balaban J connectivity index is 1.98. The van der Waals surface area contributed by atoms with Gasteiger partial charge in [-0.05, 0) is 56.2 Å². The zero-order valence-corrected chi connectivity index (χ0v) is 11.2. The maximum Gasteiger partial charge on any atom is 0.264 e. The van der Waals surface area contributed by atoms with E-state index in [4.69, 9.17) is 5.41 Å². The molecule has 0 unspecified atom stereocenters. The first-order valence-electron chi connectivity index (χ1n) is 6.04. The number of amidine groups is 1. The van der Waals surface area contributed by atoms with E-state index >= 15 is 0 Å². The van der Waals surface area contributed by atoms with Crippen LogP contribution in [0.5, 0.6) is 0 Å². The molecule has 0 spiro atoms. The van der Waals surface area contributed by atoms with E-state index in [1.165, 1.54) is 36.0 Å². The Morgan fingerprint density at radius 1 is 1.50 bits per heavy atom. The Morgan fingerprint density at radius 3 is 2.78 bits per heavy atom. The average molecular weight is 261 g/mol. The number of hydrogen-bond donors (Lipinski definition) is 2. The molecule has 4 nitrogen and oxygen atoms in total. The van der Waals surface area contributed by atoms with Crippen molar-refractivity contribution in [3.63, 3.8) is 0 Å². The highest BCUT2D eigenvalue weighted by molar-refractivity contribution is 8.18. The van der Waals surface area contributed by atoms with Gasteiger partial charge in [0.25, 0.3) is 5.91 Å². The first-order valence-corrected chi connectivity index (χ1v) is 6.86. The third-order valence-electron chi connectivity index (χ3n) is 3.38. The second-order valence-corrected chi connectivity index (χ2v) is 5.87. The predicted octanol–water partition coefficient (Wildman–Crippen LogP) is 2.58. The summed E-state index contributed by atoms with van der Waals surface area (Å²) >= 11 is 1.19. The summed E-state index contributed by atoms with van der Waals surface area (Å²) in [6, 6.07) is 2.77. The summed E-state index contributed by atoms with van der Waals surface area (Å²) in [7, 11) is 0. The van der Waals surface area contributed by atoms with Gasteiger partial charge in [0.2, 0.25) is 0 Å². The van der Waals surface area contributed by atoms with Crippen molar-refractivity contribution in [2.24, 2.45) is 0 Å². The molecule has 18 heavy (non-hydrogen) atoms. The molecule has 2 N–H and O–H groups in total. The van der Waals surface area contributed by atoms with Crippen LogP contribution in [0.3, 0.4) is 0 Å². The highest BCUT2D eigenvalue weighted by Crippen LogP contribution is 2.39. The molecule has 1 aliphatic carbocycles. The minimum absolute atomic E-state index is 0.166. The van der Waals surface area contributed by atoms with E-state index < -0.39 is 0 Å². The van der Waals surface area contributed by atoms with Crippen molar-refractivity contribution < 1.29 is 4.79 Å². The molecule has 1 saturated heterocycles. The third kappa shape index (κ3) is 1.88. The smallest absolute Gasteiger partial charge is 0.264 e. The highest BCUT2D eigenvalue weighted by atomic mass is 32.2. The molecular weight excluding hydrogens is 246 g/mol. The van der Waals surface area contributed by atoms with Gasteiger partial charge in [0.15, 0.2) is 5.17 Å². The molecule has 1 aromatic heterocycles. The molecule has 94 valence electrons. The fourth-order valence-corrected chi connectivity index (χ4v) is 3.12. The SMILES string of the molecule is Cc1cc(C=C2SC(=N)NC2=O)c(C)n1C1CC1. The summed E-state index contributed by atoms with van der Waals surface area (Å²) in [5, 5.41) is 10.1. The van der Waals surface area contributed by atoms with E-state index in [0.29, 0.717) is 10.9 Å². The molecule has 1 amide bonds. The van der Waals surface area contributed by atoms with Crippen LogP contribution in [-0.4, -0.2) is 15.6 Å². The molecule has 1 aliphatic heterocycles. The summed E-state index contributed by atoms with van der Waals surface area (Å²) in [4.78, 5) is 12.2. The van der Waals surface area contributed by atoms with Crippen molar-refractivity contribution in [1.29, 1.82) is 5.41 Å². The Hall–Kier alpha value is -1.49. The van der Waals surface area contributed by atoms with Crippen molar-refractivity contribution in [2.75, 3.05) is 0 Å². The van der Waals surface area contributed by atoms with Gasteiger partial charge in [0.05, 0.1) is 4.91 Å². The van der Waals surface area contributed by atoms with Gasteiger partial charge in [-0.1, -0.05) is 0 Å². The van der Waals surface area contributed by atoms with Gasteiger partial charge in [-0.3, -0.25) is 10.2 Å². The van der Waals surface area contributed by atoms with Crippen molar-refractivity contribution in [3.05, 3.63) is 27.9 Å². The second-order valence-electron chi connectivity index (χ2n) is 4.82. The van der Waals surface area contributed by atoms with Crippen molar-refractivity contribution >= 4 is 28.9 Å². The van der Waals surface area contributed by atoms with E-state index in [0.717, 1.165) is 5.56 Å². The average Bonchev–Trinajstić information content (AvgIpc) is 3.00. The van der Waals surface area contributed by atoms with Crippen LogP contribution < -0.4 is 5.32 Å². The number of nitrogens with zero attached hydrogens (tertiary/aromatic N) is 1. The lowest BCUT2D eigenvalue weighted by Crippen LogP contribution is -2.18. The third-order valence-corrected chi connectivity index (χ3v) is 4.21. The van der Waals surface area contributed by atoms with Crippen LogP contribution in [0.1, 0.15) is 35.8 Å². The van der Waals surface area contributed by atoms with Crippen LogP contribution in [-0.2, 0) is 4.79 Å². The number of rotatable bonds is 2. The maximum absolute atomic E-state index is 11.6. The summed E-state index contributed by atoms with van der Waals surface area (Å²) < 4.78 is 2.36. The molecular formula is C13H15N3OS. The van der Waals surface area contributed by atoms with Gasteiger partial charge in [-0.25, -0.2) is 0 Å². The van der Waals surface area contributed by atoms with Crippen molar-refractivity contribution in [3.8, 4) is 0 Å². The predicted molar refractivity (Wildman–Crippen MR) is 73.6 cm³/mol. The minimum Gasteiger partial charge on any atom is -0.346 e. The van der Waals surface area contributed by atoms with Crippen LogP contribution in [0, 0.1) is 19.3 Å². The Bertz CT molecular complexity index is 581. The number of aromatic nitrogens is 1. The molecule has 0 atom stereocenters. The first-order chi connectivity index (χ1) is 8.56. The van der Waals surface area contributed by atoms with Gasteiger partial charge in [0, 0.05) is 17.4 Å². The molecule has 5 heteroatoms. The lowest BCUT2D eigenvalue weighted by Gasteiger charge is -2.06. The van der Waals surface area contributed by atoms with E-state index in [1.54, 1.807) is 0 Å². The van der Waals surface area contributed by atoms with Gasteiger partial charge in [0.1, 0.15) is 0 Å². The number of carbonyl (C=O) groups excluding carboxylic acids is 1. The molecule has 0 bridgehead atoms. The standard InChI is InChI=1S/C13H15N3OS/c1-7-5-9(8(2)16(7)10-3-4-10)6-11-12(17)15-13(14)18-11/h5-6,10H,3-4H2,1-2H3,(H2,14,15,17). The number of hydrogen-bond acceptors (Lipinski definition) is 3. The molecule has 2 fully saturated rings. The number of nitrogens with one attached hydrogen (secondary N) is 2. The number of aryl methyl sites for hydroxylation is 1. The van der Waals surface area contributed by atoms with Crippen LogP contribution in [0.15, 0.2) is 11.0 Å². The normalized spacial score (nSPS) is 21.8. The summed E-state index contributed by atoms with van der Waals surface area (Å²) in [6.45, 7) is 4.21. The first kappa shape index (κ1) is 11.6. The second kappa shape index (κ2) is 4.02. The van der Waals surface area contributed by atoms with Gasteiger partial charge in [-0.2, -0.15) is 0 Å². The summed E-state index contributed by atoms with van der Waals surface area (Å²) in [5.41, 5.74) is 3.56. The van der Waals surface area contributed by atoms with Gasteiger partial charge in [-0.15, -0.1) is 0 Å². The van der Waals surface area contributed by atoms with Crippen molar-refractivity contribution in [1.82, 2.24) is 9.88 Å². The lowest BCUT2D eigenvalue weighted by molar-refractivity contribution is -0.115. The Kier molecular flexibility index (Phi) is 2.59. The largest absolute Gasteiger partial charge is 0.346 e. The topological polar surface area (TPSA) is 57.9 Å². The van der Waals surface area contributed by atoms with Gasteiger partial charge < -0.3 is 9.88 Å². The molecule has 2 aliphatic rings. The van der Waals surface area contributed by atoms with Crippen LogP contribution >= 0.6 is 11.8 Å². The van der Waals surface area contributed by atoms with E-state index in [-0.39, 0.29) is 11.1 Å². The number of carbonyl (C=O) groups is 1. The molecule has 3 rings (SSSR count). The molecule has 2 heterocycles. The monoisotopic (exact) mass is 261 g/mol. The van der Waals surface area contributed by atoms with Crippen molar-refractivity contribution in [2.45, 2.75) is 32.7 Å². The maximum atomic E-state index is 11.6. The van der Waals surface area contributed by atoms with Crippen LogP contribution in [0.4, 0.5) is 0 Å². The van der Waals surface area contributed by atoms with E-state index in [2.05, 4.69) is 29.8 Å². The zero-order valence-electron chi connectivity index (χ0n) is 10.4. The van der Waals surface area contributed by atoms with E-state index in [9.17, 15) is 4.79 Å².